The van der Waals surface area contributed by atoms with Gasteiger partial charge in [0.1, 0.15) is 3.79 Å². The molecule has 0 N–H and O–H groups in total. The van der Waals surface area contributed by atoms with Crippen LogP contribution < -0.4 is 0 Å². The summed E-state index contributed by atoms with van der Waals surface area (Å²) in [6.45, 7) is 0. The number of halogens is 2. The SMILES string of the molecule is O=[N+]([O-])c1cc(Br)sc1Br. The van der Waals surface area contributed by atoms with Gasteiger partial charge >= 0.3 is 0 Å². The van der Waals surface area contributed by atoms with Crippen LogP contribution in [0.15, 0.2) is 13.6 Å². The van der Waals surface area contributed by atoms with E-state index in [1.807, 2.05) is 0 Å². The Morgan fingerprint density at radius 2 is 2.20 bits per heavy atom. The molecule has 3 nitrogen and oxygen atoms in total. The minimum atomic E-state index is -0.425. The lowest BCUT2D eigenvalue weighted by atomic mass is 10.6. The highest BCUT2D eigenvalue weighted by molar-refractivity contribution is 9.12. The summed E-state index contributed by atoms with van der Waals surface area (Å²) >= 11 is 7.49. The van der Waals surface area contributed by atoms with Crippen LogP contribution >= 0.6 is 43.2 Å². The minimum absolute atomic E-state index is 0.108. The fourth-order valence-electron chi connectivity index (χ4n) is 0.456. The van der Waals surface area contributed by atoms with E-state index in [1.54, 1.807) is 0 Å². The molecular weight excluding hydrogens is 286 g/mol. The van der Waals surface area contributed by atoms with Crippen molar-refractivity contribution in [3.05, 3.63) is 23.8 Å². The molecular formula is C4HBr2NO2S. The summed E-state index contributed by atoms with van der Waals surface area (Å²) in [5.41, 5.74) is 0.108. The first-order valence-corrected chi connectivity index (χ1v) is 4.60. The molecule has 0 saturated heterocycles. The molecule has 0 atom stereocenters. The van der Waals surface area contributed by atoms with Crippen molar-refractivity contribution >= 4 is 48.9 Å². The van der Waals surface area contributed by atoms with Crippen LogP contribution in [-0.4, -0.2) is 4.92 Å². The van der Waals surface area contributed by atoms with Gasteiger partial charge in [-0.1, -0.05) is 0 Å². The lowest BCUT2D eigenvalue weighted by Gasteiger charge is -1.81. The zero-order valence-electron chi connectivity index (χ0n) is 4.51. The first-order valence-electron chi connectivity index (χ1n) is 2.20. The Labute approximate surface area is 77.5 Å². The standard InChI is InChI=1S/C4HBr2NO2S/c5-3-1-2(7(8)9)4(6)10-3/h1H. The van der Waals surface area contributed by atoms with Crippen LogP contribution in [0, 0.1) is 10.1 Å². The van der Waals surface area contributed by atoms with Crippen molar-refractivity contribution < 1.29 is 4.92 Å². The predicted molar refractivity (Wildman–Crippen MR) is 46.4 cm³/mol. The number of nitro groups is 1. The van der Waals surface area contributed by atoms with Gasteiger partial charge in [0.05, 0.1) is 8.71 Å². The third kappa shape index (κ3) is 1.56. The summed E-state index contributed by atoms with van der Waals surface area (Å²) in [7, 11) is 0. The van der Waals surface area contributed by atoms with Crippen LogP contribution in [0.5, 0.6) is 0 Å². The normalized spacial score (nSPS) is 9.80. The topological polar surface area (TPSA) is 43.1 Å². The minimum Gasteiger partial charge on any atom is -0.258 e. The fraction of sp³-hybridized carbons (Fsp3) is 0. The highest BCUT2D eigenvalue weighted by atomic mass is 79.9. The van der Waals surface area contributed by atoms with Crippen molar-refractivity contribution in [3.8, 4) is 0 Å². The Kier molecular flexibility index (Phi) is 2.43. The molecule has 0 fully saturated rings. The molecule has 10 heavy (non-hydrogen) atoms. The molecule has 6 heteroatoms. The lowest BCUT2D eigenvalue weighted by Crippen LogP contribution is -1.83. The first-order chi connectivity index (χ1) is 4.61. The molecule has 0 amide bonds. The maximum atomic E-state index is 10.2. The number of thiophene rings is 1. The summed E-state index contributed by atoms with van der Waals surface area (Å²) in [5, 5.41) is 10.2. The molecule has 0 bridgehead atoms. The Bertz CT molecular complexity index is 272. The molecule has 0 spiro atoms. The average molecular weight is 287 g/mol. The summed E-state index contributed by atoms with van der Waals surface area (Å²) in [6.07, 6.45) is 0. The molecule has 0 aliphatic rings. The second kappa shape index (κ2) is 2.98. The number of nitrogens with zero attached hydrogens (tertiary/aromatic N) is 1. The van der Waals surface area contributed by atoms with Crippen molar-refractivity contribution in [1.82, 2.24) is 0 Å². The first kappa shape index (κ1) is 8.16. The van der Waals surface area contributed by atoms with E-state index < -0.39 is 4.92 Å². The smallest absolute Gasteiger partial charge is 0.258 e. The highest BCUT2D eigenvalue weighted by Crippen LogP contribution is 2.36. The van der Waals surface area contributed by atoms with Crippen LogP contribution in [0.1, 0.15) is 0 Å². The largest absolute Gasteiger partial charge is 0.295 e. The molecule has 0 saturated carbocycles. The second-order valence-corrected chi connectivity index (χ2v) is 5.22. The predicted octanol–water partition coefficient (Wildman–Crippen LogP) is 3.18. The van der Waals surface area contributed by atoms with Gasteiger partial charge in [0.2, 0.25) is 0 Å². The van der Waals surface area contributed by atoms with Gasteiger partial charge in [-0.25, -0.2) is 0 Å². The summed E-state index contributed by atoms with van der Waals surface area (Å²) in [5.74, 6) is 0. The van der Waals surface area contributed by atoms with Gasteiger partial charge in [-0.15, -0.1) is 11.3 Å². The zero-order chi connectivity index (χ0) is 7.72. The van der Waals surface area contributed by atoms with Crippen molar-refractivity contribution in [2.24, 2.45) is 0 Å². The van der Waals surface area contributed by atoms with Crippen molar-refractivity contribution in [3.63, 3.8) is 0 Å². The van der Waals surface area contributed by atoms with Crippen LogP contribution in [0.4, 0.5) is 5.69 Å². The molecule has 0 aromatic carbocycles. The van der Waals surface area contributed by atoms with Crippen molar-refractivity contribution in [2.75, 3.05) is 0 Å². The number of rotatable bonds is 1. The van der Waals surface area contributed by atoms with E-state index in [2.05, 4.69) is 31.9 Å². The monoisotopic (exact) mass is 285 g/mol. The molecule has 0 radical (unpaired) electrons. The number of hydrogen-bond acceptors (Lipinski definition) is 3. The van der Waals surface area contributed by atoms with Crippen molar-refractivity contribution in [1.29, 1.82) is 0 Å². The second-order valence-electron chi connectivity index (χ2n) is 1.47. The maximum Gasteiger partial charge on any atom is 0.295 e. The maximum absolute atomic E-state index is 10.2. The van der Waals surface area contributed by atoms with Gasteiger partial charge in [0, 0.05) is 6.07 Å². The summed E-state index contributed by atoms with van der Waals surface area (Å²) in [4.78, 5) is 9.77. The molecule has 0 aliphatic carbocycles. The zero-order valence-corrected chi connectivity index (χ0v) is 8.49. The van der Waals surface area contributed by atoms with E-state index in [0.29, 0.717) is 3.79 Å². The summed E-state index contributed by atoms with van der Waals surface area (Å²) < 4.78 is 1.30. The summed E-state index contributed by atoms with van der Waals surface area (Å²) in [6, 6.07) is 1.47. The third-order valence-corrected chi connectivity index (χ3v) is 3.14. The van der Waals surface area contributed by atoms with E-state index in [0.717, 1.165) is 3.79 Å². The van der Waals surface area contributed by atoms with E-state index in [9.17, 15) is 10.1 Å². The molecule has 1 rings (SSSR count). The molecule has 0 unspecified atom stereocenters. The Morgan fingerprint density at radius 1 is 1.60 bits per heavy atom. The van der Waals surface area contributed by atoms with Crippen LogP contribution in [0.3, 0.4) is 0 Å². The van der Waals surface area contributed by atoms with Crippen LogP contribution in [-0.2, 0) is 0 Å². The molecule has 0 aliphatic heterocycles. The van der Waals surface area contributed by atoms with E-state index in [-0.39, 0.29) is 5.69 Å². The molecule has 1 heterocycles. The van der Waals surface area contributed by atoms with Gasteiger partial charge in [-0.05, 0) is 31.9 Å². The Balaban J connectivity index is 3.15. The number of hydrogen-bond donors (Lipinski definition) is 0. The quantitative estimate of drug-likeness (QED) is 0.588. The van der Waals surface area contributed by atoms with Crippen molar-refractivity contribution in [2.45, 2.75) is 0 Å². The highest BCUT2D eigenvalue weighted by Gasteiger charge is 2.14. The molecule has 1 aromatic heterocycles. The lowest BCUT2D eigenvalue weighted by molar-refractivity contribution is -0.385. The Morgan fingerprint density at radius 3 is 2.40 bits per heavy atom. The van der Waals surface area contributed by atoms with Gasteiger partial charge < -0.3 is 0 Å². The van der Waals surface area contributed by atoms with Crippen LogP contribution in [0.2, 0.25) is 0 Å². The van der Waals surface area contributed by atoms with E-state index in [4.69, 9.17) is 0 Å². The molecule has 54 valence electrons. The fourth-order valence-corrected chi connectivity index (χ4v) is 3.17. The average Bonchev–Trinajstić information content (AvgIpc) is 2.10. The molecule has 1 aromatic rings. The van der Waals surface area contributed by atoms with Gasteiger partial charge in [-0.3, -0.25) is 10.1 Å². The van der Waals surface area contributed by atoms with Crippen LogP contribution in [0.25, 0.3) is 0 Å². The van der Waals surface area contributed by atoms with Gasteiger partial charge in [0.25, 0.3) is 5.69 Å². The Hall–Kier alpha value is 0.0600. The van der Waals surface area contributed by atoms with E-state index >= 15 is 0 Å². The third-order valence-electron chi connectivity index (χ3n) is 0.835. The van der Waals surface area contributed by atoms with Gasteiger partial charge in [-0.2, -0.15) is 0 Å². The van der Waals surface area contributed by atoms with Gasteiger partial charge in [0.15, 0.2) is 0 Å². The van der Waals surface area contributed by atoms with E-state index in [1.165, 1.54) is 17.4 Å².